The minimum absolute atomic E-state index is 0.112. The van der Waals surface area contributed by atoms with Gasteiger partial charge in [-0.05, 0) is 68.1 Å². The number of amides is 2. The largest absolute Gasteiger partial charge is 0.495 e. The number of hydrogen-bond donors (Lipinski definition) is 1. The third-order valence-electron chi connectivity index (χ3n) is 5.91. The molecule has 1 heterocycles. The quantitative estimate of drug-likeness (QED) is 0.655. The molecule has 2 aliphatic rings. The van der Waals surface area contributed by atoms with Crippen LogP contribution in [0, 0.1) is 5.92 Å². The van der Waals surface area contributed by atoms with Crippen LogP contribution in [0.2, 0.25) is 5.02 Å². The molecule has 4 rings (SSSR count). The van der Waals surface area contributed by atoms with E-state index in [-0.39, 0.29) is 23.1 Å². The van der Waals surface area contributed by atoms with E-state index < -0.39 is 21.0 Å². The van der Waals surface area contributed by atoms with E-state index in [1.807, 2.05) is 0 Å². The second-order valence-corrected chi connectivity index (χ2v) is 11.1. The van der Waals surface area contributed by atoms with Crippen molar-refractivity contribution >= 4 is 44.6 Å². The van der Waals surface area contributed by atoms with Gasteiger partial charge < -0.3 is 15.0 Å². The molecule has 2 aromatic carbocycles. The maximum Gasteiger partial charge on any atom is 0.230 e. The summed E-state index contributed by atoms with van der Waals surface area (Å²) in [5, 5.41) is 2.17. The Hall–Kier alpha value is -2.58. The van der Waals surface area contributed by atoms with Crippen LogP contribution in [0.4, 0.5) is 11.4 Å². The first kappa shape index (κ1) is 22.6. The molecule has 1 aliphatic carbocycles. The summed E-state index contributed by atoms with van der Waals surface area (Å²) in [5.74, 6) is 0.216. The van der Waals surface area contributed by atoms with Crippen molar-refractivity contribution in [2.24, 2.45) is 5.92 Å². The maximum atomic E-state index is 13.1. The van der Waals surface area contributed by atoms with Gasteiger partial charge in [0.1, 0.15) is 5.75 Å². The number of methoxy groups -OCH3 is 1. The Bertz CT molecular complexity index is 1180. The highest BCUT2D eigenvalue weighted by Gasteiger charge is 2.37. The number of carbonyl (C=O) groups is 2. The van der Waals surface area contributed by atoms with E-state index in [0.717, 1.165) is 24.1 Å². The average molecular weight is 477 g/mol. The van der Waals surface area contributed by atoms with Gasteiger partial charge in [0.2, 0.25) is 11.8 Å². The van der Waals surface area contributed by atoms with Crippen LogP contribution in [-0.2, 0) is 25.8 Å². The maximum absolute atomic E-state index is 13.1. The summed E-state index contributed by atoms with van der Waals surface area (Å²) >= 11 is 5.99. The number of nitrogens with one attached hydrogen (secondary N) is 1. The fraction of sp³-hybridized carbons (Fsp3) is 0.391. The molecule has 1 saturated carbocycles. The van der Waals surface area contributed by atoms with Gasteiger partial charge in [0.15, 0.2) is 9.84 Å². The standard InChI is InChI=1S/C23H25ClN2O5S/c1-14(11-22(27)25-19-13-17(24)5-8-21(19)31-2)32(29,30)18-6-7-20-16(12-18)9-10-26(20)23(28)15-3-4-15/h5-8,12-15H,3-4,9-11H2,1-2H3,(H,25,27). The molecule has 1 atom stereocenters. The Morgan fingerprint density at radius 1 is 1.22 bits per heavy atom. The SMILES string of the molecule is COc1ccc(Cl)cc1NC(=O)CC(C)S(=O)(=O)c1ccc2c(c1)CCN2C(=O)C1CC1. The zero-order valence-corrected chi connectivity index (χ0v) is 19.5. The van der Waals surface area contributed by atoms with Gasteiger partial charge in [0.05, 0.1) is 22.9 Å². The average Bonchev–Trinajstić information content (AvgIpc) is 3.52. The number of hydrogen-bond acceptors (Lipinski definition) is 5. The number of rotatable bonds is 7. The molecular formula is C23H25ClN2O5S. The van der Waals surface area contributed by atoms with Crippen molar-refractivity contribution in [3.63, 3.8) is 0 Å². The number of carbonyl (C=O) groups excluding carboxylic acids is 2. The number of halogens is 1. The van der Waals surface area contributed by atoms with Gasteiger partial charge in [-0.25, -0.2) is 8.42 Å². The van der Waals surface area contributed by atoms with Crippen molar-refractivity contribution in [1.82, 2.24) is 0 Å². The molecule has 170 valence electrons. The summed E-state index contributed by atoms with van der Waals surface area (Å²) in [6, 6.07) is 9.68. The van der Waals surface area contributed by atoms with Crippen LogP contribution in [-0.4, -0.2) is 39.1 Å². The van der Waals surface area contributed by atoms with E-state index in [9.17, 15) is 18.0 Å². The van der Waals surface area contributed by atoms with E-state index in [1.165, 1.54) is 20.1 Å². The van der Waals surface area contributed by atoms with Crippen molar-refractivity contribution in [2.75, 3.05) is 23.9 Å². The Morgan fingerprint density at radius 2 is 1.97 bits per heavy atom. The lowest BCUT2D eigenvalue weighted by atomic mass is 10.2. The number of anilines is 2. The zero-order chi connectivity index (χ0) is 23.0. The second-order valence-electron chi connectivity index (χ2n) is 8.26. The molecule has 0 spiro atoms. The Labute approximate surface area is 192 Å². The summed E-state index contributed by atoms with van der Waals surface area (Å²) in [5.41, 5.74) is 2.02. The fourth-order valence-electron chi connectivity index (χ4n) is 3.92. The number of sulfone groups is 1. The lowest BCUT2D eigenvalue weighted by Crippen LogP contribution is -2.30. The van der Waals surface area contributed by atoms with Crippen molar-refractivity contribution in [2.45, 2.75) is 42.8 Å². The molecule has 1 N–H and O–H groups in total. The van der Waals surface area contributed by atoms with Gasteiger partial charge in [-0.1, -0.05) is 11.6 Å². The fourth-order valence-corrected chi connectivity index (χ4v) is 5.49. The topological polar surface area (TPSA) is 92.8 Å². The second kappa shape index (κ2) is 8.75. The van der Waals surface area contributed by atoms with Gasteiger partial charge in [-0.3, -0.25) is 9.59 Å². The first-order chi connectivity index (χ1) is 15.2. The van der Waals surface area contributed by atoms with E-state index in [4.69, 9.17) is 16.3 Å². The van der Waals surface area contributed by atoms with Crippen molar-refractivity contribution in [3.8, 4) is 5.75 Å². The van der Waals surface area contributed by atoms with Crippen LogP contribution < -0.4 is 15.0 Å². The number of ether oxygens (including phenoxy) is 1. The Kier molecular flexibility index (Phi) is 6.18. The highest BCUT2D eigenvalue weighted by molar-refractivity contribution is 7.92. The van der Waals surface area contributed by atoms with Gasteiger partial charge in [0, 0.05) is 29.6 Å². The zero-order valence-electron chi connectivity index (χ0n) is 17.9. The van der Waals surface area contributed by atoms with E-state index >= 15 is 0 Å². The Morgan fingerprint density at radius 3 is 2.66 bits per heavy atom. The smallest absolute Gasteiger partial charge is 0.230 e. The number of nitrogens with zero attached hydrogens (tertiary/aromatic N) is 1. The molecule has 0 radical (unpaired) electrons. The molecule has 0 bridgehead atoms. The molecular weight excluding hydrogens is 452 g/mol. The minimum Gasteiger partial charge on any atom is -0.495 e. The highest BCUT2D eigenvalue weighted by atomic mass is 35.5. The van der Waals surface area contributed by atoms with Gasteiger partial charge in [-0.2, -0.15) is 0 Å². The molecule has 2 amide bonds. The van der Waals surface area contributed by atoms with Crippen LogP contribution in [0.5, 0.6) is 5.75 Å². The molecule has 1 unspecified atom stereocenters. The molecule has 7 nitrogen and oxygen atoms in total. The van der Waals surface area contributed by atoms with Crippen molar-refractivity contribution in [1.29, 1.82) is 0 Å². The predicted octanol–water partition coefficient (Wildman–Crippen LogP) is 3.84. The van der Waals surface area contributed by atoms with Crippen molar-refractivity contribution < 1.29 is 22.7 Å². The molecule has 2 aromatic rings. The molecule has 0 saturated heterocycles. The monoisotopic (exact) mass is 476 g/mol. The predicted molar refractivity (Wildman–Crippen MR) is 123 cm³/mol. The summed E-state index contributed by atoms with van der Waals surface area (Å²) in [7, 11) is -2.26. The summed E-state index contributed by atoms with van der Waals surface area (Å²) in [6.45, 7) is 2.09. The third-order valence-corrected chi connectivity index (χ3v) is 8.28. The molecule has 9 heteroatoms. The minimum atomic E-state index is -3.74. The summed E-state index contributed by atoms with van der Waals surface area (Å²) < 4.78 is 31.5. The molecule has 0 aromatic heterocycles. The van der Waals surface area contributed by atoms with Gasteiger partial charge >= 0.3 is 0 Å². The van der Waals surface area contributed by atoms with Gasteiger partial charge in [-0.15, -0.1) is 0 Å². The van der Waals surface area contributed by atoms with E-state index in [2.05, 4.69) is 5.32 Å². The van der Waals surface area contributed by atoms with Crippen LogP contribution in [0.1, 0.15) is 31.7 Å². The molecule has 1 aliphatic heterocycles. The van der Waals surface area contributed by atoms with Crippen LogP contribution in [0.3, 0.4) is 0 Å². The van der Waals surface area contributed by atoms with Crippen LogP contribution in [0.25, 0.3) is 0 Å². The first-order valence-electron chi connectivity index (χ1n) is 10.5. The van der Waals surface area contributed by atoms with E-state index in [1.54, 1.807) is 35.2 Å². The number of fused-ring (bicyclic) bond motifs is 1. The lowest BCUT2D eigenvalue weighted by molar-refractivity contribution is -0.119. The summed E-state index contributed by atoms with van der Waals surface area (Å²) in [6.07, 6.45) is 2.26. The number of benzene rings is 2. The Balaban J connectivity index is 1.47. The first-order valence-corrected chi connectivity index (χ1v) is 12.4. The lowest BCUT2D eigenvalue weighted by Gasteiger charge is -2.18. The van der Waals surface area contributed by atoms with Crippen LogP contribution >= 0.6 is 11.6 Å². The van der Waals surface area contributed by atoms with Crippen molar-refractivity contribution in [3.05, 3.63) is 47.0 Å². The molecule has 32 heavy (non-hydrogen) atoms. The van der Waals surface area contributed by atoms with Crippen LogP contribution in [0.15, 0.2) is 41.3 Å². The normalized spacial score (nSPS) is 16.4. The molecule has 1 fully saturated rings. The van der Waals surface area contributed by atoms with Gasteiger partial charge in [0.25, 0.3) is 0 Å². The van der Waals surface area contributed by atoms with E-state index in [0.29, 0.717) is 29.4 Å². The highest BCUT2D eigenvalue weighted by Crippen LogP contribution is 2.37. The third kappa shape index (κ3) is 4.47. The summed E-state index contributed by atoms with van der Waals surface area (Å²) in [4.78, 5) is 26.9.